The highest BCUT2D eigenvalue weighted by Gasteiger charge is 2.12. The van der Waals surface area contributed by atoms with Gasteiger partial charge in [0.15, 0.2) is 11.5 Å². The van der Waals surface area contributed by atoms with Gasteiger partial charge in [-0.1, -0.05) is 12.1 Å². The topological polar surface area (TPSA) is 108 Å². The molecule has 1 heterocycles. The van der Waals surface area contributed by atoms with E-state index in [-0.39, 0.29) is 10.8 Å². The van der Waals surface area contributed by atoms with Crippen molar-refractivity contribution in [1.82, 2.24) is 5.32 Å². The van der Waals surface area contributed by atoms with Crippen molar-refractivity contribution < 1.29 is 22.7 Å². The highest BCUT2D eigenvalue weighted by Crippen LogP contribution is 2.33. The van der Waals surface area contributed by atoms with Crippen LogP contribution in [0.3, 0.4) is 0 Å². The van der Waals surface area contributed by atoms with Crippen LogP contribution in [0.25, 0.3) is 0 Å². The number of carbonyl (C=O) groups excluding carboxylic acids is 1. The zero-order chi connectivity index (χ0) is 20.0. The van der Waals surface area contributed by atoms with Crippen LogP contribution in [-0.2, 0) is 21.2 Å². The highest BCUT2D eigenvalue weighted by molar-refractivity contribution is 8.00. The predicted molar refractivity (Wildman–Crippen MR) is 107 cm³/mol. The summed E-state index contributed by atoms with van der Waals surface area (Å²) < 4.78 is 33.7. The summed E-state index contributed by atoms with van der Waals surface area (Å²) in [4.78, 5) is 13.1. The van der Waals surface area contributed by atoms with Gasteiger partial charge in [-0.3, -0.25) is 4.79 Å². The van der Waals surface area contributed by atoms with Crippen LogP contribution >= 0.6 is 11.8 Å². The van der Waals surface area contributed by atoms with E-state index in [1.807, 2.05) is 18.2 Å². The van der Waals surface area contributed by atoms with E-state index in [0.717, 1.165) is 22.6 Å². The average Bonchev–Trinajstić information content (AvgIpc) is 2.91. The smallest absolute Gasteiger partial charge is 0.238 e. The van der Waals surface area contributed by atoms with E-state index in [0.29, 0.717) is 37.7 Å². The van der Waals surface area contributed by atoms with Gasteiger partial charge < -0.3 is 14.8 Å². The molecule has 7 nitrogen and oxygen atoms in total. The first-order valence-electron chi connectivity index (χ1n) is 8.83. The number of nitrogens with one attached hydrogen (secondary N) is 1. The third kappa shape index (κ3) is 5.88. The largest absolute Gasteiger partial charge is 0.490 e. The van der Waals surface area contributed by atoms with Gasteiger partial charge in [0.25, 0.3) is 0 Å². The highest BCUT2D eigenvalue weighted by atomic mass is 32.2. The molecule has 0 radical (unpaired) electrons. The van der Waals surface area contributed by atoms with Crippen LogP contribution < -0.4 is 19.9 Å². The molecular weight excluding hydrogens is 400 g/mol. The molecule has 1 amide bonds. The fraction of sp³-hybridized carbons (Fsp3) is 0.316. The fourth-order valence-electron chi connectivity index (χ4n) is 2.63. The van der Waals surface area contributed by atoms with Gasteiger partial charge in [0.2, 0.25) is 15.9 Å². The molecule has 0 saturated heterocycles. The predicted octanol–water partition coefficient (Wildman–Crippen LogP) is 1.95. The third-order valence-corrected chi connectivity index (χ3v) is 6.00. The Hall–Kier alpha value is -2.23. The Morgan fingerprint density at radius 2 is 1.79 bits per heavy atom. The summed E-state index contributed by atoms with van der Waals surface area (Å²) in [6, 6.07) is 12.0. The molecule has 0 spiro atoms. The van der Waals surface area contributed by atoms with Crippen LogP contribution in [0.1, 0.15) is 12.0 Å². The quantitative estimate of drug-likeness (QED) is 0.661. The van der Waals surface area contributed by atoms with Crippen molar-refractivity contribution >= 4 is 27.7 Å². The molecule has 1 aliphatic heterocycles. The molecule has 28 heavy (non-hydrogen) atoms. The third-order valence-electron chi connectivity index (χ3n) is 4.08. The summed E-state index contributed by atoms with van der Waals surface area (Å²) >= 11 is 1.43. The average molecular weight is 423 g/mol. The van der Waals surface area contributed by atoms with Crippen LogP contribution in [0.5, 0.6) is 11.5 Å². The minimum atomic E-state index is -3.68. The Bertz CT molecular complexity index is 930. The Balaban J connectivity index is 1.43. The number of fused-ring (bicyclic) bond motifs is 1. The summed E-state index contributed by atoms with van der Waals surface area (Å²) in [7, 11) is -3.68. The Kier molecular flexibility index (Phi) is 6.82. The first kappa shape index (κ1) is 20.5. The molecule has 0 unspecified atom stereocenters. The van der Waals surface area contributed by atoms with Crippen molar-refractivity contribution in [3.63, 3.8) is 0 Å². The lowest BCUT2D eigenvalue weighted by molar-refractivity contribution is -0.118. The number of thioether (sulfide) groups is 1. The van der Waals surface area contributed by atoms with Crippen LogP contribution in [0.4, 0.5) is 0 Å². The van der Waals surface area contributed by atoms with Gasteiger partial charge in [-0.25, -0.2) is 13.6 Å². The molecule has 0 aromatic heterocycles. The van der Waals surface area contributed by atoms with Crippen molar-refractivity contribution in [2.45, 2.75) is 22.6 Å². The lowest BCUT2D eigenvalue weighted by atomic mass is 10.1. The Morgan fingerprint density at radius 3 is 2.50 bits per heavy atom. The number of amides is 1. The van der Waals surface area contributed by atoms with E-state index >= 15 is 0 Å². The van der Waals surface area contributed by atoms with E-state index in [2.05, 4.69) is 5.32 Å². The zero-order valence-electron chi connectivity index (χ0n) is 15.2. The molecule has 150 valence electrons. The monoisotopic (exact) mass is 422 g/mol. The number of hydrogen-bond donors (Lipinski definition) is 2. The summed E-state index contributed by atoms with van der Waals surface area (Å²) in [6.07, 6.45) is 1.45. The van der Waals surface area contributed by atoms with Crippen molar-refractivity contribution in [2.24, 2.45) is 5.14 Å². The first-order chi connectivity index (χ1) is 13.4. The van der Waals surface area contributed by atoms with Gasteiger partial charge in [-0.15, -0.1) is 11.8 Å². The SMILES string of the molecule is NS(=O)(=O)c1ccc(CCNC(=O)CSc2ccc3c(c2)OCCCO3)cc1. The van der Waals surface area contributed by atoms with E-state index in [4.69, 9.17) is 14.6 Å². The van der Waals surface area contributed by atoms with E-state index in [1.165, 1.54) is 23.9 Å². The van der Waals surface area contributed by atoms with Gasteiger partial charge in [0, 0.05) is 17.9 Å². The molecule has 9 heteroatoms. The second-order valence-corrected chi connectivity index (χ2v) is 8.85. The summed E-state index contributed by atoms with van der Waals surface area (Å²) in [5.74, 6) is 1.67. The molecule has 1 aliphatic rings. The van der Waals surface area contributed by atoms with Gasteiger partial charge in [-0.2, -0.15) is 0 Å². The maximum Gasteiger partial charge on any atom is 0.238 e. The number of sulfonamides is 1. The second kappa shape index (κ2) is 9.31. The normalized spacial score (nSPS) is 13.6. The molecule has 2 aromatic rings. The van der Waals surface area contributed by atoms with E-state index in [1.54, 1.807) is 12.1 Å². The number of carbonyl (C=O) groups is 1. The molecule has 0 atom stereocenters. The van der Waals surface area contributed by atoms with E-state index in [9.17, 15) is 13.2 Å². The molecule has 0 bridgehead atoms. The summed E-state index contributed by atoms with van der Waals surface area (Å²) in [5, 5.41) is 7.93. The Labute approximate surface area is 168 Å². The lowest BCUT2D eigenvalue weighted by Gasteiger charge is -2.09. The van der Waals surface area contributed by atoms with Gasteiger partial charge in [0.05, 0.1) is 23.9 Å². The number of benzene rings is 2. The number of primary sulfonamides is 1. The van der Waals surface area contributed by atoms with Crippen LogP contribution in [0.2, 0.25) is 0 Å². The van der Waals surface area contributed by atoms with Crippen LogP contribution in [-0.4, -0.2) is 39.8 Å². The minimum Gasteiger partial charge on any atom is -0.490 e. The van der Waals surface area contributed by atoms with Crippen LogP contribution in [0.15, 0.2) is 52.3 Å². The van der Waals surface area contributed by atoms with Crippen LogP contribution in [0, 0.1) is 0 Å². The second-order valence-electron chi connectivity index (χ2n) is 6.24. The molecule has 3 rings (SSSR count). The molecular formula is C19H22N2O5S2. The standard InChI is InChI=1S/C19H22N2O5S2/c20-28(23,24)16-5-2-14(3-6-16)8-9-21-19(22)13-27-15-4-7-17-18(12-15)26-11-1-10-25-17/h2-7,12H,1,8-11,13H2,(H,21,22)(H2,20,23,24). The number of hydrogen-bond acceptors (Lipinski definition) is 6. The number of nitrogens with two attached hydrogens (primary N) is 1. The van der Waals surface area contributed by atoms with E-state index < -0.39 is 10.0 Å². The molecule has 2 aromatic carbocycles. The molecule has 3 N–H and O–H groups in total. The van der Waals surface area contributed by atoms with Crippen molar-refractivity contribution in [1.29, 1.82) is 0 Å². The molecule has 0 saturated carbocycles. The van der Waals surface area contributed by atoms with Gasteiger partial charge >= 0.3 is 0 Å². The zero-order valence-corrected chi connectivity index (χ0v) is 16.9. The maximum atomic E-state index is 12.1. The minimum absolute atomic E-state index is 0.0710. The lowest BCUT2D eigenvalue weighted by Crippen LogP contribution is -2.27. The summed E-state index contributed by atoms with van der Waals surface area (Å²) in [5.41, 5.74) is 0.920. The molecule has 0 aliphatic carbocycles. The number of ether oxygens (including phenoxy) is 2. The van der Waals surface area contributed by atoms with Crippen molar-refractivity contribution in [3.8, 4) is 11.5 Å². The summed E-state index contributed by atoms with van der Waals surface area (Å²) in [6.45, 7) is 1.74. The maximum absolute atomic E-state index is 12.1. The van der Waals surface area contributed by atoms with Gasteiger partial charge in [-0.05, 0) is 42.3 Å². The molecule has 0 fully saturated rings. The number of rotatable bonds is 7. The van der Waals surface area contributed by atoms with Gasteiger partial charge in [0.1, 0.15) is 0 Å². The van der Waals surface area contributed by atoms with Crippen molar-refractivity contribution in [2.75, 3.05) is 25.5 Å². The fourth-order valence-corrected chi connectivity index (χ4v) is 3.90. The van der Waals surface area contributed by atoms with Crippen molar-refractivity contribution in [3.05, 3.63) is 48.0 Å². The first-order valence-corrected chi connectivity index (χ1v) is 11.4. The Morgan fingerprint density at radius 1 is 1.07 bits per heavy atom.